The van der Waals surface area contributed by atoms with Crippen LogP contribution in [0.3, 0.4) is 0 Å². The number of benzene rings is 1. The molecule has 1 N–H and O–H groups in total. The second kappa shape index (κ2) is 5.28. The number of non-ortho nitro benzene ring substituents is 1. The van der Waals surface area contributed by atoms with Crippen LogP contribution in [0.1, 0.15) is 21.6 Å². The first kappa shape index (κ1) is 13.7. The number of carbonyl (C=O) groups is 1. The van der Waals surface area contributed by atoms with Gasteiger partial charge in [0.1, 0.15) is 0 Å². The summed E-state index contributed by atoms with van der Waals surface area (Å²) in [5.41, 5.74) is 2.44. The molecule has 1 aromatic carbocycles. The second-order valence-corrected chi connectivity index (χ2v) is 5.63. The number of nitrogens with zero attached hydrogens (tertiary/aromatic N) is 3. The Balaban J connectivity index is 1.85. The number of H-pyrrole nitrogens is 1. The van der Waals surface area contributed by atoms with Gasteiger partial charge in [-0.05, 0) is 22.0 Å². The lowest BCUT2D eigenvalue weighted by molar-refractivity contribution is -0.384. The molecule has 0 atom stereocenters. The average molecular weight is 351 g/mol. The zero-order valence-electron chi connectivity index (χ0n) is 10.9. The molecule has 0 unspecified atom stereocenters. The molecule has 7 nitrogen and oxygen atoms in total. The van der Waals surface area contributed by atoms with Crippen LogP contribution in [0.5, 0.6) is 0 Å². The van der Waals surface area contributed by atoms with E-state index < -0.39 is 4.92 Å². The van der Waals surface area contributed by atoms with Crippen molar-refractivity contribution in [3.63, 3.8) is 0 Å². The van der Waals surface area contributed by atoms with Crippen molar-refractivity contribution in [1.29, 1.82) is 0 Å². The Morgan fingerprint density at radius 2 is 2.29 bits per heavy atom. The van der Waals surface area contributed by atoms with Gasteiger partial charge in [-0.15, -0.1) is 0 Å². The first-order valence-corrected chi connectivity index (χ1v) is 7.10. The molecular formula is C13H11BrN4O3. The molecule has 1 amide bonds. The maximum atomic E-state index is 12.5. The van der Waals surface area contributed by atoms with Crippen molar-refractivity contribution in [1.82, 2.24) is 15.1 Å². The highest BCUT2D eigenvalue weighted by Gasteiger charge is 2.25. The monoisotopic (exact) mass is 350 g/mol. The van der Waals surface area contributed by atoms with E-state index in [1.54, 1.807) is 11.1 Å². The van der Waals surface area contributed by atoms with Gasteiger partial charge in [-0.1, -0.05) is 0 Å². The van der Waals surface area contributed by atoms with E-state index in [0.29, 0.717) is 23.1 Å². The van der Waals surface area contributed by atoms with Crippen LogP contribution >= 0.6 is 15.9 Å². The summed E-state index contributed by atoms with van der Waals surface area (Å²) < 4.78 is 0.430. The number of amides is 1. The van der Waals surface area contributed by atoms with Crippen LogP contribution in [-0.2, 0) is 13.0 Å². The molecule has 1 aliphatic heterocycles. The number of aromatic nitrogens is 2. The van der Waals surface area contributed by atoms with Gasteiger partial charge in [0, 0.05) is 47.4 Å². The van der Waals surface area contributed by atoms with Crippen LogP contribution in [0.25, 0.3) is 0 Å². The zero-order valence-corrected chi connectivity index (χ0v) is 12.5. The van der Waals surface area contributed by atoms with E-state index in [2.05, 4.69) is 26.1 Å². The topological polar surface area (TPSA) is 92.1 Å². The fraction of sp³-hybridized carbons (Fsp3) is 0.231. The number of rotatable bonds is 2. The lowest BCUT2D eigenvalue weighted by Crippen LogP contribution is -2.35. The van der Waals surface area contributed by atoms with E-state index in [0.717, 1.165) is 17.7 Å². The highest BCUT2D eigenvalue weighted by molar-refractivity contribution is 9.10. The number of carbonyl (C=O) groups excluding carboxylic acids is 1. The molecule has 1 aromatic heterocycles. The molecule has 0 aliphatic carbocycles. The summed E-state index contributed by atoms with van der Waals surface area (Å²) in [4.78, 5) is 24.5. The summed E-state index contributed by atoms with van der Waals surface area (Å²) in [5, 5.41) is 17.6. The van der Waals surface area contributed by atoms with E-state index in [9.17, 15) is 14.9 Å². The zero-order chi connectivity index (χ0) is 15.0. The standard InChI is InChI=1S/C13H11BrN4O3/c14-11-5-9(18(20)21)1-2-10(11)13(19)17-4-3-12-8(7-17)6-15-16-12/h1-2,5-6H,3-4,7H2,(H,15,16). The Labute approximate surface area is 128 Å². The molecular weight excluding hydrogens is 340 g/mol. The molecule has 0 spiro atoms. The van der Waals surface area contributed by atoms with Crippen LogP contribution in [0.4, 0.5) is 5.69 Å². The predicted octanol–water partition coefficient (Wildman–Crippen LogP) is 2.28. The molecule has 0 bridgehead atoms. The molecule has 0 saturated carbocycles. The summed E-state index contributed by atoms with van der Waals surface area (Å²) in [6.07, 6.45) is 2.45. The third-order valence-electron chi connectivity index (χ3n) is 3.48. The van der Waals surface area contributed by atoms with Crippen molar-refractivity contribution in [3.8, 4) is 0 Å². The van der Waals surface area contributed by atoms with Crippen LogP contribution in [0.15, 0.2) is 28.9 Å². The van der Waals surface area contributed by atoms with Crippen LogP contribution in [0.2, 0.25) is 0 Å². The van der Waals surface area contributed by atoms with Crippen LogP contribution < -0.4 is 0 Å². The number of hydrogen-bond acceptors (Lipinski definition) is 4. The summed E-state index contributed by atoms with van der Waals surface area (Å²) in [7, 11) is 0. The van der Waals surface area contributed by atoms with Gasteiger partial charge in [0.05, 0.1) is 16.7 Å². The van der Waals surface area contributed by atoms with Gasteiger partial charge in [0.25, 0.3) is 11.6 Å². The van der Waals surface area contributed by atoms with Crippen molar-refractivity contribution in [2.75, 3.05) is 6.54 Å². The van der Waals surface area contributed by atoms with Crippen LogP contribution in [0, 0.1) is 10.1 Å². The van der Waals surface area contributed by atoms with Crippen molar-refractivity contribution < 1.29 is 9.72 Å². The van der Waals surface area contributed by atoms with Gasteiger partial charge < -0.3 is 4.90 Å². The predicted molar refractivity (Wildman–Crippen MR) is 77.8 cm³/mol. The molecule has 0 radical (unpaired) electrons. The minimum absolute atomic E-state index is 0.0470. The lowest BCUT2D eigenvalue weighted by Gasteiger charge is -2.26. The van der Waals surface area contributed by atoms with E-state index in [-0.39, 0.29) is 11.6 Å². The Hall–Kier alpha value is -2.22. The highest BCUT2D eigenvalue weighted by Crippen LogP contribution is 2.26. The van der Waals surface area contributed by atoms with Gasteiger partial charge >= 0.3 is 0 Å². The fourth-order valence-electron chi connectivity index (χ4n) is 2.36. The molecule has 108 valence electrons. The van der Waals surface area contributed by atoms with Gasteiger partial charge in [-0.2, -0.15) is 5.10 Å². The van der Waals surface area contributed by atoms with Gasteiger partial charge in [0.15, 0.2) is 0 Å². The third kappa shape index (κ3) is 2.54. The summed E-state index contributed by atoms with van der Waals surface area (Å²) in [5.74, 6) is -0.149. The Morgan fingerprint density at radius 1 is 1.48 bits per heavy atom. The normalized spacial score (nSPS) is 13.9. The van der Waals surface area contributed by atoms with Crippen molar-refractivity contribution in [2.45, 2.75) is 13.0 Å². The lowest BCUT2D eigenvalue weighted by atomic mass is 10.1. The summed E-state index contributed by atoms with van der Waals surface area (Å²) >= 11 is 3.24. The fourth-order valence-corrected chi connectivity index (χ4v) is 2.89. The van der Waals surface area contributed by atoms with E-state index in [4.69, 9.17) is 0 Å². The minimum Gasteiger partial charge on any atom is -0.334 e. The molecule has 3 rings (SSSR count). The van der Waals surface area contributed by atoms with Gasteiger partial charge in [-0.25, -0.2) is 0 Å². The molecule has 1 aliphatic rings. The number of fused-ring (bicyclic) bond motifs is 1. The highest BCUT2D eigenvalue weighted by atomic mass is 79.9. The molecule has 8 heteroatoms. The van der Waals surface area contributed by atoms with Crippen LogP contribution in [-0.4, -0.2) is 32.5 Å². The average Bonchev–Trinajstić information content (AvgIpc) is 2.93. The SMILES string of the molecule is O=C(c1ccc([N+](=O)[O-])cc1Br)N1CCc2[nH]ncc2C1. The maximum absolute atomic E-state index is 12.5. The molecule has 0 saturated heterocycles. The Morgan fingerprint density at radius 3 is 3.00 bits per heavy atom. The van der Waals surface area contributed by atoms with E-state index in [1.165, 1.54) is 18.2 Å². The molecule has 21 heavy (non-hydrogen) atoms. The van der Waals surface area contributed by atoms with Crippen molar-refractivity contribution >= 4 is 27.5 Å². The molecule has 2 aromatic rings. The Kier molecular flexibility index (Phi) is 3.46. The number of aromatic amines is 1. The third-order valence-corrected chi connectivity index (χ3v) is 4.14. The quantitative estimate of drug-likeness (QED) is 0.664. The maximum Gasteiger partial charge on any atom is 0.270 e. The number of halogens is 1. The van der Waals surface area contributed by atoms with E-state index >= 15 is 0 Å². The van der Waals surface area contributed by atoms with E-state index in [1.807, 2.05) is 0 Å². The number of nitro groups is 1. The van der Waals surface area contributed by atoms with Gasteiger partial charge in [0.2, 0.25) is 0 Å². The first-order chi connectivity index (χ1) is 10.1. The first-order valence-electron chi connectivity index (χ1n) is 6.30. The summed E-state index contributed by atoms with van der Waals surface area (Å²) in [6, 6.07) is 4.17. The smallest absolute Gasteiger partial charge is 0.270 e. The minimum atomic E-state index is -0.488. The van der Waals surface area contributed by atoms with Crippen molar-refractivity contribution in [3.05, 3.63) is 55.8 Å². The summed E-state index contributed by atoms with van der Waals surface area (Å²) in [6.45, 7) is 1.09. The second-order valence-electron chi connectivity index (χ2n) is 4.77. The molecule has 2 heterocycles. The largest absolute Gasteiger partial charge is 0.334 e. The number of nitrogens with one attached hydrogen (secondary N) is 1. The number of nitro benzene ring substituents is 1. The molecule has 0 fully saturated rings. The Bertz CT molecular complexity index is 728. The number of hydrogen-bond donors (Lipinski definition) is 1. The van der Waals surface area contributed by atoms with Crippen molar-refractivity contribution in [2.24, 2.45) is 0 Å². The van der Waals surface area contributed by atoms with Gasteiger partial charge in [-0.3, -0.25) is 20.0 Å².